The van der Waals surface area contributed by atoms with E-state index in [1.54, 1.807) is 6.92 Å². The quantitative estimate of drug-likeness (QED) is 0.821. The van der Waals surface area contributed by atoms with E-state index in [1.807, 2.05) is 0 Å². The van der Waals surface area contributed by atoms with Gasteiger partial charge in [0.2, 0.25) is 10.0 Å². The zero-order valence-electron chi connectivity index (χ0n) is 15.6. The fourth-order valence-corrected chi connectivity index (χ4v) is 4.35. The number of carbonyl (C=O) groups is 1. The van der Waals surface area contributed by atoms with Gasteiger partial charge < -0.3 is 14.8 Å². The summed E-state index contributed by atoms with van der Waals surface area (Å²) >= 11 is 0. The minimum absolute atomic E-state index is 0.00354. The molecular formula is C19H21FN2O5S. The average molecular weight is 408 g/mol. The number of halogens is 1. The lowest BCUT2D eigenvalue weighted by atomic mass is 10.1. The standard InChI is InChI=1S/C19H21FN2O5S/c1-13-11-14(20)3-5-17(13)21-19(23)16-12-15(4-6-18(16)26-2)28(24,25)22-7-9-27-10-8-22/h3-6,11-12H,7-10H2,1-2H3,(H,21,23). The van der Waals surface area contributed by atoms with E-state index in [2.05, 4.69) is 5.32 Å². The van der Waals surface area contributed by atoms with E-state index in [9.17, 15) is 17.6 Å². The van der Waals surface area contributed by atoms with Crippen molar-refractivity contribution >= 4 is 21.6 Å². The van der Waals surface area contributed by atoms with Gasteiger partial charge in [-0.1, -0.05) is 0 Å². The van der Waals surface area contributed by atoms with Crippen molar-refractivity contribution in [3.8, 4) is 5.75 Å². The third-order valence-corrected chi connectivity index (χ3v) is 6.35. The number of sulfonamides is 1. The maximum absolute atomic E-state index is 13.3. The van der Waals surface area contributed by atoms with Crippen LogP contribution in [0.15, 0.2) is 41.3 Å². The second-order valence-electron chi connectivity index (χ2n) is 6.29. The van der Waals surface area contributed by atoms with Gasteiger partial charge in [-0.25, -0.2) is 12.8 Å². The summed E-state index contributed by atoms with van der Waals surface area (Å²) in [6, 6.07) is 8.12. The number of hydrogen-bond acceptors (Lipinski definition) is 5. The number of morpholine rings is 1. The normalized spacial score (nSPS) is 15.2. The van der Waals surface area contributed by atoms with Crippen LogP contribution in [0, 0.1) is 12.7 Å². The number of ether oxygens (including phenoxy) is 2. The van der Waals surface area contributed by atoms with Gasteiger partial charge in [0, 0.05) is 18.8 Å². The molecule has 0 aromatic heterocycles. The topological polar surface area (TPSA) is 84.9 Å². The molecule has 1 fully saturated rings. The first-order valence-corrected chi connectivity index (χ1v) is 10.1. The van der Waals surface area contributed by atoms with Crippen LogP contribution >= 0.6 is 0 Å². The lowest BCUT2D eigenvalue weighted by Crippen LogP contribution is -2.40. The maximum Gasteiger partial charge on any atom is 0.259 e. The number of nitrogens with one attached hydrogen (secondary N) is 1. The number of anilines is 1. The lowest BCUT2D eigenvalue weighted by Gasteiger charge is -2.26. The molecule has 150 valence electrons. The highest BCUT2D eigenvalue weighted by Crippen LogP contribution is 2.26. The van der Waals surface area contributed by atoms with E-state index in [-0.39, 0.29) is 29.3 Å². The Hall–Kier alpha value is -2.49. The molecule has 2 aromatic carbocycles. The molecule has 0 saturated carbocycles. The third-order valence-electron chi connectivity index (χ3n) is 4.46. The molecule has 0 atom stereocenters. The average Bonchev–Trinajstić information content (AvgIpc) is 2.70. The molecular weight excluding hydrogens is 387 g/mol. The molecule has 0 unspecified atom stereocenters. The van der Waals surface area contributed by atoms with E-state index in [0.29, 0.717) is 24.5 Å². The molecule has 1 aliphatic rings. The van der Waals surface area contributed by atoms with E-state index >= 15 is 0 Å². The summed E-state index contributed by atoms with van der Waals surface area (Å²) in [5.74, 6) is -0.726. The molecule has 1 saturated heterocycles. The van der Waals surface area contributed by atoms with Crippen LogP contribution in [0.2, 0.25) is 0 Å². The van der Waals surface area contributed by atoms with Gasteiger partial charge in [-0.2, -0.15) is 4.31 Å². The van der Waals surface area contributed by atoms with E-state index < -0.39 is 21.7 Å². The summed E-state index contributed by atoms with van der Waals surface area (Å²) < 4.78 is 50.7. The Kier molecular flexibility index (Phi) is 5.97. The maximum atomic E-state index is 13.3. The minimum Gasteiger partial charge on any atom is -0.496 e. The van der Waals surface area contributed by atoms with Crippen LogP contribution in [-0.4, -0.2) is 52.0 Å². The monoisotopic (exact) mass is 408 g/mol. The summed E-state index contributed by atoms with van der Waals surface area (Å²) in [7, 11) is -2.37. The fraction of sp³-hybridized carbons (Fsp3) is 0.316. The number of carbonyl (C=O) groups excluding carboxylic acids is 1. The highest BCUT2D eigenvalue weighted by molar-refractivity contribution is 7.89. The van der Waals surface area contributed by atoms with Crippen LogP contribution in [0.5, 0.6) is 5.75 Å². The highest BCUT2D eigenvalue weighted by Gasteiger charge is 2.28. The molecule has 9 heteroatoms. The number of methoxy groups -OCH3 is 1. The summed E-state index contributed by atoms with van der Waals surface area (Å²) in [6.07, 6.45) is 0. The van der Waals surface area contributed by atoms with E-state index in [1.165, 1.54) is 47.8 Å². The van der Waals surface area contributed by atoms with Crippen LogP contribution in [-0.2, 0) is 14.8 Å². The fourth-order valence-electron chi connectivity index (χ4n) is 2.92. The second kappa shape index (κ2) is 8.26. The molecule has 0 bridgehead atoms. The Labute approximate surface area is 163 Å². The minimum atomic E-state index is -3.76. The summed E-state index contributed by atoms with van der Waals surface area (Å²) in [5.41, 5.74) is 1.04. The third kappa shape index (κ3) is 4.16. The Bertz CT molecular complexity index is 988. The van der Waals surface area contributed by atoms with Gasteiger partial charge >= 0.3 is 0 Å². The molecule has 3 rings (SSSR count). The first kappa shape index (κ1) is 20.2. The number of nitrogens with zero attached hydrogens (tertiary/aromatic N) is 1. The second-order valence-corrected chi connectivity index (χ2v) is 8.23. The molecule has 1 heterocycles. The first-order valence-electron chi connectivity index (χ1n) is 8.66. The van der Waals surface area contributed by atoms with Gasteiger partial charge in [-0.3, -0.25) is 4.79 Å². The van der Waals surface area contributed by atoms with Crippen LogP contribution < -0.4 is 10.1 Å². The molecule has 1 N–H and O–H groups in total. The van der Waals surface area contributed by atoms with Gasteiger partial charge in [-0.15, -0.1) is 0 Å². The Morgan fingerprint density at radius 2 is 1.89 bits per heavy atom. The highest BCUT2D eigenvalue weighted by atomic mass is 32.2. The van der Waals surface area contributed by atoms with Gasteiger partial charge in [0.25, 0.3) is 5.91 Å². The summed E-state index contributed by atoms with van der Waals surface area (Å²) in [4.78, 5) is 12.8. The van der Waals surface area contributed by atoms with Crippen LogP contribution in [0.4, 0.5) is 10.1 Å². The Morgan fingerprint density at radius 1 is 1.18 bits per heavy atom. The smallest absolute Gasteiger partial charge is 0.259 e. The van der Waals surface area contributed by atoms with Crippen molar-refractivity contribution in [2.24, 2.45) is 0 Å². The van der Waals surface area contributed by atoms with Gasteiger partial charge in [0.05, 0.1) is 30.8 Å². The van der Waals surface area contributed by atoms with Crippen molar-refractivity contribution < 1.29 is 27.1 Å². The van der Waals surface area contributed by atoms with Crippen molar-refractivity contribution in [3.05, 3.63) is 53.3 Å². The SMILES string of the molecule is COc1ccc(S(=O)(=O)N2CCOCC2)cc1C(=O)Nc1ccc(F)cc1C. The van der Waals surface area contributed by atoms with E-state index in [4.69, 9.17) is 9.47 Å². The number of benzene rings is 2. The molecule has 1 amide bonds. The van der Waals surface area contributed by atoms with Crippen molar-refractivity contribution in [1.29, 1.82) is 0 Å². The first-order chi connectivity index (χ1) is 13.3. The molecule has 28 heavy (non-hydrogen) atoms. The number of aryl methyl sites for hydroxylation is 1. The molecule has 7 nitrogen and oxygen atoms in total. The lowest BCUT2D eigenvalue weighted by molar-refractivity contribution is 0.0730. The predicted octanol–water partition coefficient (Wildman–Crippen LogP) is 2.42. The van der Waals surface area contributed by atoms with Gasteiger partial charge in [0.15, 0.2) is 0 Å². The molecule has 0 spiro atoms. The Morgan fingerprint density at radius 3 is 2.54 bits per heavy atom. The van der Waals surface area contributed by atoms with Gasteiger partial charge in [0.1, 0.15) is 11.6 Å². The van der Waals surface area contributed by atoms with Crippen molar-refractivity contribution in [2.75, 3.05) is 38.7 Å². The largest absolute Gasteiger partial charge is 0.496 e. The number of amides is 1. The zero-order valence-corrected chi connectivity index (χ0v) is 16.4. The van der Waals surface area contributed by atoms with Crippen LogP contribution in [0.1, 0.15) is 15.9 Å². The Balaban J connectivity index is 1.93. The molecule has 1 aliphatic heterocycles. The summed E-state index contributed by atoms with van der Waals surface area (Å²) in [5, 5.41) is 2.67. The van der Waals surface area contributed by atoms with Crippen molar-refractivity contribution in [2.45, 2.75) is 11.8 Å². The molecule has 0 radical (unpaired) electrons. The summed E-state index contributed by atoms with van der Waals surface area (Å²) in [6.45, 7) is 2.82. The number of hydrogen-bond donors (Lipinski definition) is 1. The van der Waals surface area contributed by atoms with Crippen molar-refractivity contribution in [1.82, 2.24) is 4.31 Å². The van der Waals surface area contributed by atoms with Crippen LogP contribution in [0.25, 0.3) is 0 Å². The molecule has 2 aromatic rings. The predicted molar refractivity (Wildman–Crippen MR) is 102 cm³/mol. The molecule has 0 aliphatic carbocycles. The van der Waals surface area contributed by atoms with Gasteiger partial charge in [-0.05, 0) is 48.9 Å². The zero-order chi connectivity index (χ0) is 20.3. The van der Waals surface area contributed by atoms with E-state index in [0.717, 1.165) is 0 Å². The number of rotatable bonds is 5. The van der Waals surface area contributed by atoms with Crippen LogP contribution in [0.3, 0.4) is 0 Å². The van der Waals surface area contributed by atoms with Crippen molar-refractivity contribution in [3.63, 3.8) is 0 Å².